The molecule has 0 radical (unpaired) electrons. The number of carboxylic acid groups (broad SMARTS) is 1. The van der Waals surface area contributed by atoms with Crippen LogP contribution in [0.2, 0.25) is 5.02 Å². The normalized spacial score (nSPS) is 21.9. The Morgan fingerprint density at radius 1 is 1.37 bits per heavy atom. The van der Waals surface area contributed by atoms with E-state index in [-0.39, 0.29) is 5.91 Å². The van der Waals surface area contributed by atoms with E-state index < -0.39 is 17.8 Å². The second-order valence-electron chi connectivity index (χ2n) is 4.48. The molecule has 19 heavy (non-hydrogen) atoms. The summed E-state index contributed by atoms with van der Waals surface area (Å²) in [6.07, 6.45) is 4.70. The fraction of sp³-hybridized carbons (Fsp3) is 0.286. The minimum absolute atomic E-state index is 0.314. The number of hydrogen-bond acceptors (Lipinski definition) is 2. The Balaban J connectivity index is 2.12. The lowest BCUT2D eigenvalue weighted by Gasteiger charge is -2.23. The fourth-order valence-electron chi connectivity index (χ4n) is 2.17. The molecule has 1 aliphatic rings. The average molecular weight is 280 g/mol. The van der Waals surface area contributed by atoms with Gasteiger partial charge in [0.15, 0.2) is 0 Å². The first-order chi connectivity index (χ1) is 9.08. The van der Waals surface area contributed by atoms with E-state index in [4.69, 9.17) is 16.7 Å². The van der Waals surface area contributed by atoms with Crippen molar-refractivity contribution in [2.45, 2.75) is 12.8 Å². The number of benzene rings is 1. The highest BCUT2D eigenvalue weighted by Crippen LogP contribution is 2.26. The number of aliphatic carboxylic acids is 1. The van der Waals surface area contributed by atoms with Gasteiger partial charge in [-0.3, -0.25) is 9.59 Å². The number of nitrogens with one attached hydrogen (secondary N) is 1. The van der Waals surface area contributed by atoms with Crippen LogP contribution in [0.1, 0.15) is 12.8 Å². The number of allylic oxidation sites excluding steroid dienone is 1. The molecule has 1 aromatic carbocycles. The summed E-state index contributed by atoms with van der Waals surface area (Å²) in [5.74, 6) is -2.55. The second-order valence-corrected chi connectivity index (χ2v) is 4.91. The first-order valence-electron chi connectivity index (χ1n) is 6.04. The molecule has 0 fully saturated rings. The topological polar surface area (TPSA) is 66.4 Å². The third-order valence-electron chi connectivity index (χ3n) is 3.13. The molecular formula is C14H14ClNO3. The Bertz CT molecular complexity index is 527. The third-order valence-corrected chi connectivity index (χ3v) is 3.37. The van der Waals surface area contributed by atoms with E-state index in [1.807, 2.05) is 6.08 Å². The standard InChI is InChI=1S/C14H14ClNO3/c15-9-4-3-5-10(8-9)16-13(17)11-6-1-2-7-12(11)14(18)19/h1,3-6,8,11-12H,2,7H2,(H,16,17)(H,18,19). The van der Waals surface area contributed by atoms with Crippen LogP contribution in [-0.2, 0) is 9.59 Å². The van der Waals surface area contributed by atoms with Gasteiger partial charge in [0, 0.05) is 10.7 Å². The highest BCUT2D eigenvalue weighted by atomic mass is 35.5. The summed E-state index contributed by atoms with van der Waals surface area (Å²) in [4.78, 5) is 23.3. The molecule has 100 valence electrons. The molecular weight excluding hydrogens is 266 g/mol. The van der Waals surface area contributed by atoms with E-state index in [1.165, 1.54) is 0 Å². The lowest BCUT2D eigenvalue weighted by Crippen LogP contribution is -2.34. The van der Waals surface area contributed by atoms with Gasteiger partial charge in [0.1, 0.15) is 0 Å². The van der Waals surface area contributed by atoms with E-state index in [9.17, 15) is 9.59 Å². The summed E-state index contributed by atoms with van der Waals surface area (Å²) in [6.45, 7) is 0. The van der Waals surface area contributed by atoms with Crippen LogP contribution < -0.4 is 5.32 Å². The van der Waals surface area contributed by atoms with Crippen molar-refractivity contribution in [3.8, 4) is 0 Å². The molecule has 1 aromatic rings. The maximum atomic E-state index is 12.1. The monoisotopic (exact) mass is 279 g/mol. The summed E-state index contributed by atoms with van der Waals surface area (Å²) < 4.78 is 0. The van der Waals surface area contributed by atoms with Gasteiger partial charge in [-0.15, -0.1) is 0 Å². The predicted octanol–water partition coefficient (Wildman–Crippen LogP) is 2.95. The van der Waals surface area contributed by atoms with Crippen molar-refractivity contribution >= 4 is 29.2 Å². The lowest BCUT2D eigenvalue weighted by atomic mass is 9.83. The summed E-state index contributed by atoms with van der Waals surface area (Å²) in [5, 5.41) is 12.4. The smallest absolute Gasteiger partial charge is 0.307 e. The molecule has 2 rings (SSSR count). The minimum Gasteiger partial charge on any atom is -0.481 e. The molecule has 1 amide bonds. The van der Waals surface area contributed by atoms with Crippen LogP contribution in [0.4, 0.5) is 5.69 Å². The van der Waals surface area contributed by atoms with Crippen LogP contribution in [0, 0.1) is 11.8 Å². The molecule has 4 nitrogen and oxygen atoms in total. The molecule has 0 saturated heterocycles. The molecule has 2 N–H and O–H groups in total. The molecule has 5 heteroatoms. The van der Waals surface area contributed by atoms with Crippen molar-refractivity contribution in [3.05, 3.63) is 41.4 Å². The Morgan fingerprint density at radius 2 is 2.16 bits per heavy atom. The van der Waals surface area contributed by atoms with Gasteiger partial charge in [0.05, 0.1) is 11.8 Å². The molecule has 2 unspecified atom stereocenters. The van der Waals surface area contributed by atoms with Gasteiger partial charge in [-0.25, -0.2) is 0 Å². The second kappa shape index (κ2) is 5.89. The number of carboxylic acids is 1. The lowest BCUT2D eigenvalue weighted by molar-refractivity contribution is -0.145. The van der Waals surface area contributed by atoms with Crippen molar-refractivity contribution in [3.63, 3.8) is 0 Å². The average Bonchev–Trinajstić information content (AvgIpc) is 2.38. The zero-order valence-electron chi connectivity index (χ0n) is 10.2. The number of rotatable bonds is 3. The van der Waals surface area contributed by atoms with Crippen molar-refractivity contribution < 1.29 is 14.7 Å². The van der Waals surface area contributed by atoms with Crippen molar-refractivity contribution in [1.29, 1.82) is 0 Å². The van der Waals surface area contributed by atoms with Crippen molar-refractivity contribution in [2.75, 3.05) is 5.32 Å². The maximum Gasteiger partial charge on any atom is 0.307 e. The summed E-state index contributed by atoms with van der Waals surface area (Å²) in [7, 11) is 0. The van der Waals surface area contributed by atoms with Gasteiger partial charge in [-0.05, 0) is 31.0 Å². The number of carbonyl (C=O) groups excluding carboxylic acids is 1. The SMILES string of the molecule is O=C(Nc1cccc(Cl)c1)C1C=CCCC1C(=O)O. The fourth-order valence-corrected chi connectivity index (χ4v) is 2.36. The number of halogens is 1. The highest BCUT2D eigenvalue weighted by Gasteiger charge is 2.33. The van der Waals surface area contributed by atoms with Gasteiger partial charge in [0.25, 0.3) is 0 Å². The molecule has 0 saturated carbocycles. The zero-order valence-corrected chi connectivity index (χ0v) is 10.9. The molecule has 0 spiro atoms. The van der Waals surface area contributed by atoms with Gasteiger partial charge in [0.2, 0.25) is 5.91 Å². The van der Waals surface area contributed by atoms with Gasteiger partial charge in [-0.2, -0.15) is 0 Å². The summed E-state index contributed by atoms with van der Waals surface area (Å²) in [5.41, 5.74) is 0.570. The molecule has 1 aliphatic carbocycles. The van der Waals surface area contributed by atoms with Crippen LogP contribution in [-0.4, -0.2) is 17.0 Å². The van der Waals surface area contributed by atoms with E-state index in [0.717, 1.165) is 0 Å². The Kier molecular flexibility index (Phi) is 4.22. The van der Waals surface area contributed by atoms with E-state index >= 15 is 0 Å². The van der Waals surface area contributed by atoms with E-state index in [1.54, 1.807) is 30.3 Å². The van der Waals surface area contributed by atoms with Gasteiger partial charge < -0.3 is 10.4 Å². The number of amides is 1. The van der Waals surface area contributed by atoms with Crippen LogP contribution in [0.25, 0.3) is 0 Å². The van der Waals surface area contributed by atoms with Crippen molar-refractivity contribution in [1.82, 2.24) is 0 Å². The van der Waals surface area contributed by atoms with Crippen LogP contribution in [0.5, 0.6) is 0 Å². The van der Waals surface area contributed by atoms with E-state index in [0.29, 0.717) is 23.6 Å². The maximum absolute atomic E-state index is 12.1. The van der Waals surface area contributed by atoms with Crippen molar-refractivity contribution in [2.24, 2.45) is 11.8 Å². The zero-order chi connectivity index (χ0) is 13.8. The highest BCUT2D eigenvalue weighted by molar-refractivity contribution is 6.30. The van der Waals surface area contributed by atoms with Crippen LogP contribution >= 0.6 is 11.6 Å². The molecule has 0 aliphatic heterocycles. The third kappa shape index (κ3) is 3.35. The van der Waals surface area contributed by atoms with Crippen LogP contribution in [0.15, 0.2) is 36.4 Å². The largest absolute Gasteiger partial charge is 0.481 e. The first-order valence-corrected chi connectivity index (χ1v) is 6.41. The Morgan fingerprint density at radius 3 is 2.84 bits per heavy atom. The number of anilines is 1. The van der Waals surface area contributed by atoms with Gasteiger partial charge >= 0.3 is 5.97 Å². The number of carbonyl (C=O) groups is 2. The quantitative estimate of drug-likeness (QED) is 0.836. The summed E-state index contributed by atoms with van der Waals surface area (Å²) >= 11 is 5.83. The first kappa shape index (κ1) is 13.6. The number of hydrogen-bond donors (Lipinski definition) is 2. The molecule has 2 atom stereocenters. The Labute approximate surface area is 116 Å². The van der Waals surface area contributed by atoms with E-state index in [2.05, 4.69) is 5.32 Å². The Hall–Kier alpha value is -1.81. The summed E-state index contributed by atoms with van der Waals surface area (Å²) in [6, 6.07) is 6.77. The minimum atomic E-state index is -0.935. The molecule has 0 bridgehead atoms. The van der Waals surface area contributed by atoms with Crippen LogP contribution in [0.3, 0.4) is 0 Å². The molecule has 0 heterocycles. The predicted molar refractivity (Wildman–Crippen MR) is 73.1 cm³/mol. The molecule has 0 aromatic heterocycles. The van der Waals surface area contributed by atoms with Gasteiger partial charge in [-0.1, -0.05) is 29.8 Å².